The highest BCUT2D eigenvalue weighted by Crippen LogP contribution is 2.01. The Bertz CT molecular complexity index is 80.6. The molecule has 0 atom stereocenters. The number of hydrogen-bond acceptors (Lipinski definition) is 3. The maximum Gasteiger partial charge on any atom is 0.292 e. The van der Waals surface area contributed by atoms with Gasteiger partial charge in [0, 0.05) is 0 Å². The Hall–Kier alpha value is -0.570. The van der Waals surface area contributed by atoms with E-state index in [1.807, 2.05) is 13.8 Å². The predicted octanol–water partition coefficient (Wildman–Crippen LogP) is 1.53. The Morgan fingerprint density at radius 1 is 1.25 bits per heavy atom. The van der Waals surface area contributed by atoms with Crippen molar-refractivity contribution in [1.82, 2.24) is 4.90 Å². The van der Waals surface area contributed by atoms with Crippen LogP contribution in [0, 0.1) is 0 Å². The van der Waals surface area contributed by atoms with E-state index < -0.39 is 0 Å². The summed E-state index contributed by atoms with van der Waals surface area (Å²) in [5, 5.41) is 0. The molecule has 0 aromatic carbocycles. The summed E-state index contributed by atoms with van der Waals surface area (Å²) in [4.78, 5) is 11.3. The van der Waals surface area contributed by atoms with Gasteiger partial charge < -0.3 is 9.64 Å². The van der Waals surface area contributed by atoms with Crippen molar-refractivity contribution in [3.8, 4) is 0 Å². The maximum absolute atomic E-state index is 8.95. The van der Waals surface area contributed by atoms with Gasteiger partial charge in [0.2, 0.25) is 0 Å². The van der Waals surface area contributed by atoms with Crippen LogP contribution in [0.5, 0.6) is 0 Å². The predicted molar refractivity (Wildman–Crippen MR) is 51.2 cm³/mol. The van der Waals surface area contributed by atoms with Gasteiger partial charge in [0.1, 0.15) is 0 Å². The lowest BCUT2D eigenvalue weighted by atomic mass is 10.4. The molecule has 0 aliphatic carbocycles. The number of ether oxygens (including phenoxy) is 1. The lowest BCUT2D eigenvalue weighted by molar-refractivity contribution is -0.126. The smallest absolute Gasteiger partial charge is 0.292 e. The van der Waals surface area contributed by atoms with E-state index >= 15 is 0 Å². The quantitative estimate of drug-likeness (QED) is 0.566. The molecule has 0 saturated carbocycles. The monoisotopic (exact) mass is 175 g/mol. The fraction of sp³-hybridized carbons (Fsp3) is 0.889. The lowest BCUT2D eigenvalue weighted by Gasteiger charge is -2.01. The van der Waals surface area contributed by atoms with Gasteiger partial charge >= 0.3 is 0 Å². The summed E-state index contributed by atoms with van der Waals surface area (Å²) >= 11 is 0. The summed E-state index contributed by atoms with van der Waals surface area (Å²) in [5.74, 6) is 0. The Labute approximate surface area is 75.7 Å². The summed E-state index contributed by atoms with van der Waals surface area (Å²) in [7, 11) is 3.49. The number of carbonyl (C=O) groups excluding carboxylic acids is 1. The summed E-state index contributed by atoms with van der Waals surface area (Å²) < 4.78 is 3.86. The van der Waals surface area contributed by atoms with Gasteiger partial charge in [0.05, 0.1) is 7.11 Å². The third-order valence-electron chi connectivity index (χ3n) is 1.43. The zero-order chi connectivity index (χ0) is 9.82. The van der Waals surface area contributed by atoms with Crippen LogP contribution in [0.2, 0.25) is 0 Å². The molecule has 0 aromatic heterocycles. The molecule has 0 N–H and O–H groups in total. The first-order valence-corrected chi connectivity index (χ1v) is 4.46. The number of methoxy groups -OCH3 is 1. The van der Waals surface area contributed by atoms with E-state index in [9.17, 15) is 0 Å². The molecule has 3 heteroatoms. The molecule has 1 saturated heterocycles. The van der Waals surface area contributed by atoms with Crippen molar-refractivity contribution >= 4 is 6.47 Å². The second-order valence-electron chi connectivity index (χ2n) is 2.34. The van der Waals surface area contributed by atoms with Gasteiger partial charge in [-0.2, -0.15) is 0 Å². The average molecular weight is 175 g/mol. The van der Waals surface area contributed by atoms with Crippen molar-refractivity contribution in [3.05, 3.63) is 0 Å². The molecular formula is C9H21NO2. The van der Waals surface area contributed by atoms with Gasteiger partial charge in [-0.1, -0.05) is 13.8 Å². The second-order valence-corrected chi connectivity index (χ2v) is 2.34. The second kappa shape index (κ2) is 13.1. The highest BCUT2D eigenvalue weighted by atomic mass is 16.5. The van der Waals surface area contributed by atoms with E-state index in [0.717, 1.165) is 0 Å². The topological polar surface area (TPSA) is 29.5 Å². The molecule has 0 amide bonds. The van der Waals surface area contributed by atoms with E-state index in [0.29, 0.717) is 6.47 Å². The van der Waals surface area contributed by atoms with Crippen LogP contribution in [0.15, 0.2) is 0 Å². The Kier molecular flexibility index (Phi) is 15.2. The maximum atomic E-state index is 8.95. The fourth-order valence-corrected chi connectivity index (χ4v) is 0.875. The number of hydrogen-bond donors (Lipinski definition) is 0. The molecule has 1 aliphatic heterocycles. The number of nitrogens with zero attached hydrogens (tertiary/aromatic N) is 1. The minimum Gasteiger partial charge on any atom is -0.471 e. The summed E-state index contributed by atoms with van der Waals surface area (Å²) in [6.07, 6.45) is 2.83. The highest BCUT2D eigenvalue weighted by molar-refractivity contribution is 5.36. The standard InChI is InChI=1S/C5H11N.C2H4O2.C2H6/c1-6-4-2-3-5-6;1-4-2-3;1-2/h2-5H2,1H3;2H,1H3;1-2H3. The fourth-order valence-electron chi connectivity index (χ4n) is 0.875. The molecule has 0 aromatic rings. The van der Waals surface area contributed by atoms with Crippen molar-refractivity contribution in [3.63, 3.8) is 0 Å². The number of likely N-dealkylation sites (tertiary alicyclic amines) is 1. The zero-order valence-electron chi connectivity index (χ0n) is 8.67. The van der Waals surface area contributed by atoms with Crippen molar-refractivity contribution < 1.29 is 9.53 Å². The van der Waals surface area contributed by atoms with Crippen molar-refractivity contribution in [1.29, 1.82) is 0 Å². The Morgan fingerprint density at radius 2 is 1.58 bits per heavy atom. The van der Waals surface area contributed by atoms with Crippen LogP contribution in [0.1, 0.15) is 26.7 Å². The van der Waals surface area contributed by atoms with Gasteiger partial charge in [0.25, 0.3) is 6.47 Å². The van der Waals surface area contributed by atoms with Crippen molar-refractivity contribution in [2.24, 2.45) is 0 Å². The summed E-state index contributed by atoms with van der Waals surface area (Å²) in [5.41, 5.74) is 0. The van der Waals surface area contributed by atoms with Crippen LogP contribution in [-0.4, -0.2) is 38.6 Å². The molecule has 1 aliphatic rings. The van der Waals surface area contributed by atoms with E-state index in [-0.39, 0.29) is 0 Å². The molecule has 1 heterocycles. The molecule has 1 rings (SSSR count). The van der Waals surface area contributed by atoms with Crippen LogP contribution in [-0.2, 0) is 9.53 Å². The molecular weight excluding hydrogens is 154 g/mol. The first-order valence-electron chi connectivity index (χ1n) is 4.46. The average Bonchev–Trinajstić information content (AvgIpc) is 2.60. The van der Waals surface area contributed by atoms with Gasteiger partial charge in [-0.15, -0.1) is 0 Å². The number of carbonyl (C=O) groups is 1. The molecule has 1 fully saturated rings. The van der Waals surface area contributed by atoms with Crippen LogP contribution in [0.4, 0.5) is 0 Å². The van der Waals surface area contributed by atoms with Crippen LogP contribution < -0.4 is 0 Å². The minimum absolute atomic E-state index is 0.375. The van der Waals surface area contributed by atoms with Crippen LogP contribution in [0.3, 0.4) is 0 Å². The minimum atomic E-state index is 0.375. The van der Waals surface area contributed by atoms with E-state index in [4.69, 9.17) is 4.79 Å². The van der Waals surface area contributed by atoms with E-state index in [1.54, 1.807) is 0 Å². The van der Waals surface area contributed by atoms with Gasteiger partial charge in [0.15, 0.2) is 0 Å². The summed E-state index contributed by atoms with van der Waals surface area (Å²) in [6.45, 7) is 7.01. The number of rotatable bonds is 1. The first-order chi connectivity index (χ1) is 5.81. The third kappa shape index (κ3) is 12.1. The summed E-state index contributed by atoms with van der Waals surface area (Å²) in [6, 6.07) is 0. The Balaban J connectivity index is 0. The molecule has 0 unspecified atom stereocenters. The largest absolute Gasteiger partial charge is 0.471 e. The zero-order valence-corrected chi connectivity index (χ0v) is 8.67. The molecule has 0 bridgehead atoms. The molecule has 0 spiro atoms. The lowest BCUT2D eigenvalue weighted by Crippen LogP contribution is -2.10. The van der Waals surface area contributed by atoms with Gasteiger partial charge in [-0.05, 0) is 33.0 Å². The van der Waals surface area contributed by atoms with Crippen LogP contribution >= 0.6 is 0 Å². The highest BCUT2D eigenvalue weighted by Gasteiger charge is 2.03. The SMILES string of the molecule is CC.CN1CCCC1.COC=O. The van der Waals surface area contributed by atoms with Crippen molar-refractivity contribution in [2.75, 3.05) is 27.2 Å². The van der Waals surface area contributed by atoms with Crippen LogP contribution in [0.25, 0.3) is 0 Å². The molecule has 3 nitrogen and oxygen atoms in total. The van der Waals surface area contributed by atoms with E-state index in [1.165, 1.54) is 33.0 Å². The van der Waals surface area contributed by atoms with Gasteiger partial charge in [-0.25, -0.2) is 0 Å². The molecule has 0 radical (unpaired) electrons. The van der Waals surface area contributed by atoms with E-state index in [2.05, 4.69) is 16.7 Å². The Morgan fingerprint density at radius 3 is 1.67 bits per heavy atom. The normalized spacial score (nSPS) is 15.0. The van der Waals surface area contributed by atoms with Crippen molar-refractivity contribution in [2.45, 2.75) is 26.7 Å². The first kappa shape index (κ1) is 14.0. The third-order valence-corrected chi connectivity index (χ3v) is 1.43. The van der Waals surface area contributed by atoms with Gasteiger partial charge in [-0.3, -0.25) is 4.79 Å². The molecule has 12 heavy (non-hydrogen) atoms. The molecule has 74 valence electrons.